The van der Waals surface area contributed by atoms with Gasteiger partial charge in [-0.2, -0.15) is 4.72 Å². The maximum Gasteiger partial charge on any atom is 0.324 e. The first-order valence-corrected chi connectivity index (χ1v) is 9.34. The van der Waals surface area contributed by atoms with Gasteiger partial charge in [-0.05, 0) is 31.6 Å². The number of sulfonamides is 1. The molecule has 2 aliphatic rings. The van der Waals surface area contributed by atoms with E-state index in [0.717, 1.165) is 44.9 Å². The van der Waals surface area contributed by atoms with Crippen LogP contribution in [0.3, 0.4) is 0 Å². The van der Waals surface area contributed by atoms with E-state index in [-0.39, 0.29) is 11.7 Å². The van der Waals surface area contributed by atoms with E-state index >= 15 is 0 Å². The molecule has 2 fully saturated rings. The zero-order valence-corrected chi connectivity index (χ0v) is 12.8. The molecule has 5 nitrogen and oxygen atoms in total. The van der Waals surface area contributed by atoms with Gasteiger partial charge in [0.05, 0.1) is 5.75 Å². The molecule has 0 aliphatic heterocycles. The molecule has 0 aromatic heterocycles. The normalized spacial score (nSPS) is 24.4. The van der Waals surface area contributed by atoms with Crippen LogP contribution < -0.4 is 4.72 Å². The van der Waals surface area contributed by atoms with Gasteiger partial charge < -0.3 is 5.11 Å². The van der Waals surface area contributed by atoms with Crippen LogP contribution in [0.1, 0.15) is 64.2 Å². The van der Waals surface area contributed by atoms with Gasteiger partial charge in [-0.1, -0.05) is 38.5 Å². The minimum absolute atomic E-state index is 0.0853. The van der Waals surface area contributed by atoms with Crippen molar-refractivity contribution in [1.29, 1.82) is 0 Å². The van der Waals surface area contributed by atoms with Gasteiger partial charge in [0.2, 0.25) is 10.0 Å². The highest BCUT2D eigenvalue weighted by Crippen LogP contribution is 2.30. The lowest BCUT2D eigenvalue weighted by molar-refractivity contribution is -0.145. The van der Waals surface area contributed by atoms with Gasteiger partial charge in [0.25, 0.3) is 0 Å². The number of carboxylic acids is 1. The van der Waals surface area contributed by atoms with Gasteiger partial charge in [-0.25, -0.2) is 8.42 Å². The molecule has 0 heterocycles. The van der Waals surface area contributed by atoms with E-state index in [1.165, 1.54) is 6.42 Å². The maximum atomic E-state index is 12.3. The molecule has 0 aromatic carbocycles. The van der Waals surface area contributed by atoms with Crippen LogP contribution in [-0.2, 0) is 14.8 Å². The first kappa shape index (κ1) is 15.8. The Morgan fingerprint density at radius 2 is 1.60 bits per heavy atom. The van der Waals surface area contributed by atoms with Crippen LogP contribution in [0, 0.1) is 5.92 Å². The monoisotopic (exact) mass is 303 g/mol. The Labute approximate surface area is 121 Å². The summed E-state index contributed by atoms with van der Waals surface area (Å²) in [5, 5.41) is 9.43. The van der Waals surface area contributed by atoms with Crippen LogP contribution >= 0.6 is 0 Å². The minimum Gasteiger partial charge on any atom is -0.480 e. The quantitative estimate of drug-likeness (QED) is 0.816. The van der Waals surface area contributed by atoms with Crippen LogP contribution in [0.25, 0.3) is 0 Å². The van der Waals surface area contributed by atoms with Gasteiger partial charge in [-0.3, -0.25) is 4.79 Å². The molecular formula is C14H25NO4S. The molecule has 116 valence electrons. The van der Waals surface area contributed by atoms with E-state index in [9.17, 15) is 18.3 Å². The predicted molar refractivity (Wildman–Crippen MR) is 76.9 cm³/mol. The van der Waals surface area contributed by atoms with E-state index in [0.29, 0.717) is 12.8 Å². The molecule has 20 heavy (non-hydrogen) atoms. The molecule has 0 aromatic rings. The summed E-state index contributed by atoms with van der Waals surface area (Å²) in [6.45, 7) is 0. The lowest BCUT2D eigenvalue weighted by atomic mass is 9.83. The van der Waals surface area contributed by atoms with E-state index in [2.05, 4.69) is 4.72 Å². The summed E-state index contributed by atoms with van der Waals surface area (Å²) >= 11 is 0. The number of rotatable bonds is 5. The Kier molecular flexibility index (Phi) is 5.07. The van der Waals surface area contributed by atoms with Crippen molar-refractivity contribution in [2.75, 3.05) is 5.75 Å². The molecule has 0 unspecified atom stereocenters. The van der Waals surface area contributed by atoms with E-state index < -0.39 is 21.5 Å². The molecular weight excluding hydrogens is 278 g/mol. The zero-order chi connectivity index (χ0) is 14.6. The molecule has 0 saturated heterocycles. The highest BCUT2D eigenvalue weighted by atomic mass is 32.2. The number of hydrogen-bond donors (Lipinski definition) is 2. The summed E-state index contributed by atoms with van der Waals surface area (Å²) in [6.07, 6.45) is 8.61. The van der Waals surface area contributed by atoms with E-state index in [1.807, 2.05) is 0 Å². The maximum absolute atomic E-state index is 12.3. The summed E-state index contributed by atoms with van der Waals surface area (Å²) in [5.74, 6) is -0.748. The Bertz CT molecular complexity index is 434. The van der Waals surface area contributed by atoms with Gasteiger partial charge in [0.15, 0.2) is 0 Å². The van der Waals surface area contributed by atoms with Crippen LogP contribution in [0.4, 0.5) is 0 Å². The third-order valence-electron chi connectivity index (χ3n) is 4.65. The Morgan fingerprint density at radius 3 is 2.15 bits per heavy atom. The molecule has 6 heteroatoms. The van der Waals surface area contributed by atoms with Crippen molar-refractivity contribution >= 4 is 16.0 Å². The first-order chi connectivity index (χ1) is 9.44. The van der Waals surface area contributed by atoms with E-state index in [4.69, 9.17) is 0 Å². The Morgan fingerprint density at radius 1 is 1.05 bits per heavy atom. The molecule has 2 saturated carbocycles. The summed E-state index contributed by atoms with van der Waals surface area (Å²) in [7, 11) is -3.52. The number of aliphatic carboxylic acids is 1. The fourth-order valence-corrected chi connectivity index (χ4v) is 5.44. The number of nitrogens with one attached hydrogen (secondary N) is 1. The summed E-state index contributed by atoms with van der Waals surface area (Å²) in [4.78, 5) is 11.5. The lowest BCUT2D eigenvalue weighted by Gasteiger charge is -2.34. The second-order valence-corrected chi connectivity index (χ2v) is 8.10. The number of carboxylic acid groups (broad SMARTS) is 1. The molecule has 0 amide bonds. The SMILES string of the molecule is O=C(O)C1(NS(=O)(=O)CC2CCCCC2)CCCCC1. The molecule has 2 N–H and O–H groups in total. The number of carbonyl (C=O) groups is 1. The smallest absolute Gasteiger partial charge is 0.324 e. The van der Waals surface area contributed by atoms with Gasteiger partial charge in [-0.15, -0.1) is 0 Å². The zero-order valence-electron chi connectivity index (χ0n) is 11.9. The summed E-state index contributed by atoms with van der Waals surface area (Å²) in [5.41, 5.74) is -1.26. The second-order valence-electron chi connectivity index (χ2n) is 6.34. The minimum atomic E-state index is -3.52. The average molecular weight is 303 g/mol. The van der Waals surface area contributed by atoms with Gasteiger partial charge in [0.1, 0.15) is 5.54 Å². The van der Waals surface area contributed by atoms with Gasteiger partial charge >= 0.3 is 5.97 Å². The van der Waals surface area contributed by atoms with Gasteiger partial charge in [0, 0.05) is 0 Å². The van der Waals surface area contributed by atoms with Crippen molar-refractivity contribution in [1.82, 2.24) is 4.72 Å². The molecule has 0 atom stereocenters. The standard InChI is InChI=1S/C14H25NO4S/c16-13(17)14(9-5-2-6-10-14)15-20(18,19)11-12-7-3-1-4-8-12/h12,15H,1-11H2,(H,16,17). The van der Waals surface area contributed by atoms with E-state index in [1.54, 1.807) is 0 Å². The Hall–Kier alpha value is -0.620. The van der Waals surface area contributed by atoms with Crippen molar-refractivity contribution < 1.29 is 18.3 Å². The molecule has 0 bridgehead atoms. The topological polar surface area (TPSA) is 83.5 Å². The Balaban J connectivity index is 2.02. The predicted octanol–water partition coefficient (Wildman–Crippen LogP) is 2.27. The third kappa shape index (κ3) is 3.95. The largest absolute Gasteiger partial charge is 0.480 e. The third-order valence-corrected chi connectivity index (χ3v) is 6.26. The first-order valence-electron chi connectivity index (χ1n) is 7.69. The molecule has 0 radical (unpaired) electrons. The molecule has 2 aliphatic carbocycles. The summed E-state index contributed by atoms with van der Waals surface area (Å²) in [6, 6.07) is 0. The summed E-state index contributed by atoms with van der Waals surface area (Å²) < 4.78 is 27.1. The second kappa shape index (κ2) is 6.43. The van der Waals surface area contributed by atoms with Crippen molar-refractivity contribution in [3.63, 3.8) is 0 Å². The highest BCUT2D eigenvalue weighted by Gasteiger charge is 2.43. The molecule has 2 rings (SSSR count). The van der Waals surface area contributed by atoms with Crippen molar-refractivity contribution in [3.05, 3.63) is 0 Å². The average Bonchev–Trinajstić information content (AvgIpc) is 2.39. The fraction of sp³-hybridized carbons (Fsp3) is 0.929. The van der Waals surface area contributed by atoms with Crippen LogP contribution in [-0.4, -0.2) is 30.8 Å². The van der Waals surface area contributed by atoms with Crippen molar-refractivity contribution in [2.24, 2.45) is 5.92 Å². The number of hydrogen-bond acceptors (Lipinski definition) is 3. The van der Waals surface area contributed by atoms with Crippen molar-refractivity contribution in [3.8, 4) is 0 Å². The van der Waals surface area contributed by atoms with Crippen LogP contribution in [0.15, 0.2) is 0 Å². The highest BCUT2D eigenvalue weighted by molar-refractivity contribution is 7.89. The molecule has 0 spiro atoms. The van der Waals surface area contributed by atoms with Crippen LogP contribution in [0.2, 0.25) is 0 Å². The van der Waals surface area contributed by atoms with Crippen LogP contribution in [0.5, 0.6) is 0 Å². The lowest BCUT2D eigenvalue weighted by Crippen LogP contribution is -2.56. The van der Waals surface area contributed by atoms with Crippen molar-refractivity contribution in [2.45, 2.75) is 69.7 Å². The fourth-order valence-electron chi connectivity index (χ4n) is 3.52.